The number of nitrogens with one attached hydrogen (secondary N) is 1. The van der Waals surface area contributed by atoms with Gasteiger partial charge in [0.2, 0.25) is 0 Å². The molecule has 0 bridgehead atoms. The lowest BCUT2D eigenvalue weighted by atomic mass is 9.79. The SMILES string of the molecule is CSCCCCCCN1CC2(CCCCC2)NCC1C. The summed E-state index contributed by atoms with van der Waals surface area (Å²) in [6.45, 7) is 6.23. The highest BCUT2D eigenvalue weighted by molar-refractivity contribution is 7.98. The van der Waals surface area contributed by atoms with Crippen LogP contribution in [0.25, 0.3) is 0 Å². The highest BCUT2D eigenvalue weighted by Crippen LogP contribution is 2.31. The van der Waals surface area contributed by atoms with Gasteiger partial charge in [0.15, 0.2) is 0 Å². The molecule has 1 saturated carbocycles. The number of piperazine rings is 1. The molecule has 1 spiro atoms. The summed E-state index contributed by atoms with van der Waals surface area (Å²) >= 11 is 1.98. The van der Waals surface area contributed by atoms with Crippen molar-refractivity contribution in [1.82, 2.24) is 10.2 Å². The summed E-state index contributed by atoms with van der Waals surface area (Å²) in [5.41, 5.74) is 0.476. The Labute approximate surface area is 130 Å². The first-order chi connectivity index (χ1) is 9.76. The van der Waals surface area contributed by atoms with Crippen LogP contribution >= 0.6 is 11.8 Å². The lowest BCUT2D eigenvalue weighted by Gasteiger charge is -2.49. The van der Waals surface area contributed by atoms with Gasteiger partial charge in [0.1, 0.15) is 0 Å². The van der Waals surface area contributed by atoms with E-state index in [9.17, 15) is 0 Å². The van der Waals surface area contributed by atoms with Gasteiger partial charge < -0.3 is 5.32 Å². The molecule has 118 valence electrons. The van der Waals surface area contributed by atoms with Crippen LogP contribution in [0.15, 0.2) is 0 Å². The van der Waals surface area contributed by atoms with Crippen molar-refractivity contribution in [1.29, 1.82) is 0 Å². The van der Waals surface area contributed by atoms with Gasteiger partial charge in [-0.25, -0.2) is 0 Å². The van der Waals surface area contributed by atoms with Crippen molar-refractivity contribution >= 4 is 11.8 Å². The Kier molecular flexibility index (Phi) is 7.20. The molecule has 2 rings (SSSR count). The molecule has 1 atom stereocenters. The fourth-order valence-electron chi connectivity index (χ4n) is 3.87. The van der Waals surface area contributed by atoms with Gasteiger partial charge in [-0.3, -0.25) is 4.90 Å². The zero-order valence-electron chi connectivity index (χ0n) is 13.6. The normalized spacial score (nSPS) is 27.0. The minimum Gasteiger partial charge on any atom is -0.308 e. The van der Waals surface area contributed by atoms with Crippen LogP contribution in [0.3, 0.4) is 0 Å². The van der Waals surface area contributed by atoms with Gasteiger partial charge in [-0.1, -0.05) is 32.1 Å². The van der Waals surface area contributed by atoms with Crippen molar-refractivity contribution in [3.8, 4) is 0 Å². The quantitative estimate of drug-likeness (QED) is 0.718. The topological polar surface area (TPSA) is 15.3 Å². The summed E-state index contributed by atoms with van der Waals surface area (Å²) in [5.74, 6) is 1.34. The van der Waals surface area contributed by atoms with Crippen LogP contribution in [-0.2, 0) is 0 Å². The molecule has 3 heteroatoms. The molecule has 1 unspecified atom stereocenters. The number of rotatable bonds is 7. The summed E-state index contributed by atoms with van der Waals surface area (Å²) in [7, 11) is 0. The molecule has 0 aromatic heterocycles. The molecule has 0 radical (unpaired) electrons. The smallest absolute Gasteiger partial charge is 0.0309 e. The van der Waals surface area contributed by atoms with Crippen LogP contribution in [0.1, 0.15) is 64.7 Å². The van der Waals surface area contributed by atoms with Crippen LogP contribution in [-0.4, -0.2) is 48.1 Å². The number of nitrogens with zero attached hydrogens (tertiary/aromatic N) is 1. The molecule has 20 heavy (non-hydrogen) atoms. The van der Waals surface area contributed by atoms with E-state index in [1.54, 1.807) is 0 Å². The van der Waals surface area contributed by atoms with Crippen molar-refractivity contribution < 1.29 is 0 Å². The second kappa shape index (κ2) is 8.65. The molecule has 0 aromatic carbocycles. The zero-order valence-corrected chi connectivity index (χ0v) is 14.4. The predicted molar refractivity (Wildman–Crippen MR) is 91.7 cm³/mol. The van der Waals surface area contributed by atoms with Crippen LogP contribution in [0, 0.1) is 0 Å². The maximum absolute atomic E-state index is 3.89. The molecule has 1 heterocycles. The van der Waals surface area contributed by atoms with Crippen LogP contribution in [0.5, 0.6) is 0 Å². The average molecular weight is 299 g/mol. The molecule has 1 N–H and O–H groups in total. The Hall–Kier alpha value is 0.270. The third kappa shape index (κ3) is 4.92. The van der Waals surface area contributed by atoms with Crippen LogP contribution in [0.4, 0.5) is 0 Å². The van der Waals surface area contributed by atoms with Crippen molar-refractivity contribution in [2.45, 2.75) is 76.3 Å². The van der Waals surface area contributed by atoms with E-state index < -0.39 is 0 Å². The summed E-state index contributed by atoms with van der Waals surface area (Å²) in [5, 5.41) is 3.89. The fourth-order valence-corrected chi connectivity index (χ4v) is 4.36. The fraction of sp³-hybridized carbons (Fsp3) is 1.00. The number of hydrogen-bond donors (Lipinski definition) is 1. The third-order valence-corrected chi connectivity index (χ3v) is 5.95. The standard InChI is InChI=1S/C17H34N2S/c1-16-14-18-17(10-6-5-7-11-17)15-19(16)12-8-3-4-9-13-20-2/h16,18H,3-15H2,1-2H3. The van der Waals surface area contributed by atoms with Gasteiger partial charge in [-0.15, -0.1) is 0 Å². The molecule has 2 aliphatic rings. The number of unbranched alkanes of at least 4 members (excludes halogenated alkanes) is 3. The van der Waals surface area contributed by atoms with Gasteiger partial charge in [-0.05, 0) is 51.2 Å². The minimum atomic E-state index is 0.476. The first-order valence-electron chi connectivity index (χ1n) is 8.74. The molecule has 0 amide bonds. The predicted octanol–water partition coefficient (Wildman–Crippen LogP) is 3.91. The molecular weight excluding hydrogens is 264 g/mol. The maximum atomic E-state index is 3.89. The highest BCUT2D eigenvalue weighted by Gasteiger charge is 2.38. The highest BCUT2D eigenvalue weighted by atomic mass is 32.2. The first kappa shape index (κ1) is 16.6. The van der Waals surface area contributed by atoms with E-state index >= 15 is 0 Å². The van der Waals surface area contributed by atoms with E-state index in [4.69, 9.17) is 0 Å². The van der Waals surface area contributed by atoms with Gasteiger partial charge in [0, 0.05) is 24.7 Å². The summed E-state index contributed by atoms with van der Waals surface area (Å²) in [4.78, 5) is 2.77. The Morgan fingerprint density at radius 2 is 1.85 bits per heavy atom. The number of thioether (sulfide) groups is 1. The minimum absolute atomic E-state index is 0.476. The molecule has 1 aliphatic heterocycles. The van der Waals surface area contributed by atoms with Gasteiger partial charge in [0.05, 0.1) is 0 Å². The molecule has 2 fully saturated rings. The summed E-state index contributed by atoms with van der Waals surface area (Å²) < 4.78 is 0. The van der Waals surface area contributed by atoms with E-state index in [-0.39, 0.29) is 0 Å². The summed E-state index contributed by atoms with van der Waals surface area (Å²) in [6.07, 6.45) is 15.0. The molecule has 0 aromatic rings. The lowest BCUT2D eigenvalue weighted by Crippen LogP contribution is -2.64. The Balaban J connectivity index is 1.69. The van der Waals surface area contributed by atoms with Gasteiger partial charge in [0.25, 0.3) is 0 Å². The van der Waals surface area contributed by atoms with Crippen LogP contribution in [0.2, 0.25) is 0 Å². The maximum Gasteiger partial charge on any atom is 0.0309 e. The first-order valence-corrected chi connectivity index (χ1v) is 10.1. The Morgan fingerprint density at radius 1 is 1.10 bits per heavy atom. The molecule has 1 aliphatic carbocycles. The van der Waals surface area contributed by atoms with E-state index in [0.717, 1.165) is 6.04 Å². The van der Waals surface area contributed by atoms with Crippen LogP contribution < -0.4 is 5.32 Å². The molecular formula is C17H34N2S. The largest absolute Gasteiger partial charge is 0.308 e. The Bertz CT molecular complexity index is 264. The van der Waals surface area contributed by atoms with Gasteiger partial charge in [-0.2, -0.15) is 11.8 Å². The van der Waals surface area contributed by atoms with Crippen molar-refractivity contribution in [2.75, 3.05) is 31.6 Å². The van der Waals surface area contributed by atoms with Crippen molar-refractivity contribution in [3.63, 3.8) is 0 Å². The average Bonchev–Trinajstić information content (AvgIpc) is 2.47. The second-order valence-electron chi connectivity index (χ2n) is 6.95. The monoisotopic (exact) mass is 298 g/mol. The van der Waals surface area contributed by atoms with Crippen molar-refractivity contribution in [2.24, 2.45) is 0 Å². The number of hydrogen-bond acceptors (Lipinski definition) is 3. The Morgan fingerprint density at radius 3 is 2.60 bits per heavy atom. The third-order valence-electron chi connectivity index (χ3n) is 5.26. The second-order valence-corrected chi connectivity index (χ2v) is 7.93. The van der Waals surface area contributed by atoms with E-state index in [1.807, 2.05) is 11.8 Å². The van der Waals surface area contributed by atoms with Crippen molar-refractivity contribution in [3.05, 3.63) is 0 Å². The molecule has 1 saturated heterocycles. The van der Waals surface area contributed by atoms with E-state index in [2.05, 4.69) is 23.4 Å². The van der Waals surface area contributed by atoms with Gasteiger partial charge >= 0.3 is 0 Å². The lowest BCUT2D eigenvalue weighted by molar-refractivity contribution is 0.0616. The summed E-state index contributed by atoms with van der Waals surface area (Å²) in [6, 6.07) is 0.730. The zero-order chi connectivity index (χ0) is 14.3. The molecule has 2 nitrogen and oxygen atoms in total. The van der Waals surface area contributed by atoms with E-state index in [0.29, 0.717) is 5.54 Å². The van der Waals surface area contributed by atoms with E-state index in [1.165, 1.54) is 83.2 Å².